The molecule has 1 atom stereocenters. The van der Waals surface area contributed by atoms with Crippen molar-refractivity contribution in [1.29, 1.82) is 0 Å². The summed E-state index contributed by atoms with van der Waals surface area (Å²) >= 11 is 1.18. The van der Waals surface area contributed by atoms with Crippen LogP contribution in [-0.2, 0) is 9.59 Å². The molecule has 0 aromatic carbocycles. The monoisotopic (exact) mass is 275 g/mol. The Morgan fingerprint density at radius 3 is 2.00 bits per heavy atom. The molecule has 4 nitrogen and oxygen atoms in total. The largest absolute Gasteiger partial charge is 0.550 e. The van der Waals surface area contributed by atoms with Gasteiger partial charge in [-0.3, -0.25) is 4.79 Å². The number of thioether (sulfide) groups is 1. The van der Waals surface area contributed by atoms with Crippen LogP contribution in [0.15, 0.2) is 0 Å². The van der Waals surface area contributed by atoms with E-state index in [1.54, 1.807) is 0 Å². The van der Waals surface area contributed by atoms with E-state index in [0.29, 0.717) is 11.0 Å². The van der Waals surface area contributed by atoms with Gasteiger partial charge in [0.05, 0.1) is 32.9 Å². The van der Waals surface area contributed by atoms with Gasteiger partial charge in [0.1, 0.15) is 0 Å². The molecular weight excluding hydrogens is 250 g/mol. The summed E-state index contributed by atoms with van der Waals surface area (Å²) in [6.45, 7) is 4.62. The van der Waals surface area contributed by atoms with E-state index in [1.807, 2.05) is 35.0 Å². The van der Waals surface area contributed by atoms with Crippen LogP contribution in [0.25, 0.3) is 0 Å². The van der Waals surface area contributed by atoms with Gasteiger partial charge in [-0.15, -0.1) is 0 Å². The van der Waals surface area contributed by atoms with E-state index in [0.717, 1.165) is 12.8 Å². The predicted octanol–water partition coefficient (Wildman–Crippen LogP) is 0.897. The summed E-state index contributed by atoms with van der Waals surface area (Å²) in [4.78, 5) is 22.8. The van der Waals surface area contributed by atoms with Crippen LogP contribution in [0.5, 0.6) is 0 Å². The van der Waals surface area contributed by atoms with Crippen molar-refractivity contribution in [2.75, 3.05) is 27.7 Å². The smallest absolute Gasteiger partial charge is 0.192 e. The van der Waals surface area contributed by atoms with Gasteiger partial charge in [0.15, 0.2) is 5.12 Å². The Hall–Kier alpha value is -0.550. The fourth-order valence-corrected chi connectivity index (χ4v) is 3.42. The van der Waals surface area contributed by atoms with Crippen molar-refractivity contribution in [1.82, 2.24) is 0 Å². The summed E-state index contributed by atoms with van der Waals surface area (Å²) in [5.41, 5.74) is 0. The first-order valence-corrected chi connectivity index (χ1v) is 7.28. The number of carbonyl (C=O) groups excluding carboxylic acids is 2. The minimum atomic E-state index is -1.08. The highest BCUT2D eigenvalue weighted by Crippen LogP contribution is 2.24. The number of carboxylic acids is 1. The van der Waals surface area contributed by atoms with Gasteiger partial charge in [-0.05, 0) is 12.8 Å². The molecule has 0 rings (SSSR count). The number of carboxylic acid groups (broad SMARTS) is 1. The van der Waals surface area contributed by atoms with Crippen molar-refractivity contribution in [2.24, 2.45) is 5.92 Å². The summed E-state index contributed by atoms with van der Waals surface area (Å²) in [5, 5.41) is 10.6. The van der Waals surface area contributed by atoms with Gasteiger partial charge >= 0.3 is 0 Å². The highest BCUT2D eigenvalue weighted by molar-refractivity contribution is 8.14. The third-order valence-electron chi connectivity index (χ3n) is 2.75. The molecule has 0 fully saturated rings. The lowest BCUT2D eigenvalue weighted by Crippen LogP contribution is -2.42. The molecule has 5 heteroatoms. The number of rotatable bonds is 8. The lowest BCUT2D eigenvalue weighted by molar-refractivity contribution is -0.869. The van der Waals surface area contributed by atoms with Crippen molar-refractivity contribution in [2.45, 2.75) is 38.4 Å². The molecule has 1 unspecified atom stereocenters. The fourth-order valence-electron chi connectivity index (χ4n) is 1.82. The van der Waals surface area contributed by atoms with E-state index in [4.69, 9.17) is 0 Å². The highest BCUT2D eigenvalue weighted by Gasteiger charge is 2.25. The standard InChI is InChI=1S/C13H25NO3S/c1-6-10(7-2)13(17)18-11(8-12(15)16)9-14(3,4)5/h10-11H,6-9H2,1-5H3. The molecular formula is C13H25NO3S. The Labute approximate surface area is 114 Å². The van der Waals surface area contributed by atoms with Crippen LogP contribution in [0.3, 0.4) is 0 Å². The van der Waals surface area contributed by atoms with Crippen LogP contribution >= 0.6 is 11.8 Å². The molecule has 0 heterocycles. The van der Waals surface area contributed by atoms with E-state index in [-0.39, 0.29) is 22.7 Å². The predicted molar refractivity (Wildman–Crippen MR) is 73.0 cm³/mol. The summed E-state index contributed by atoms with van der Waals surface area (Å²) in [5.74, 6) is -1.05. The zero-order chi connectivity index (χ0) is 14.3. The van der Waals surface area contributed by atoms with Crippen molar-refractivity contribution in [3.63, 3.8) is 0 Å². The molecule has 106 valence electrons. The Balaban J connectivity index is 4.58. The Kier molecular flexibility index (Phi) is 7.55. The normalized spacial score (nSPS) is 13.7. The van der Waals surface area contributed by atoms with Crippen molar-refractivity contribution < 1.29 is 19.2 Å². The lowest BCUT2D eigenvalue weighted by Gasteiger charge is -2.29. The van der Waals surface area contributed by atoms with Crippen molar-refractivity contribution in [3.8, 4) is 0 Å². The molecule has 0 saturated carbocycles. The Morgan fingerprint density at radius 2 is 1.67 bits per heavy atom. The van der Waals surface area contributed by atoms with E-state index in [9.17, 15) is 14.7 Å². The molecule has 0 aliphatic rings. The van der Waals surface area contributed by atoms with Gasteiger partial charge in [0.25, 0.3) is 0 Å². The third-order valence-corrected chi connectivity index (χ3v) is 3.96. The average molecular weight is 275 g/mol. The van der Waals surface area contributed by atoms with Gasteiger partial charge in [-0.1, -0.05) is 25.6 Å². The molecule has 0 aliphatic carbocycles. The molecule has 0 spiro atoms. The SMILES string of the molecule is CCC(CC)C(=O)SC(CC(=O)[O-])C[N+](C)(C)C. The molecule has 0 aromatic rings. The summed E-state index contributed by atoms with van der Waals surface area (Å²) < 4.78 is 0.640. The summed E-state index contributed by atoms with van der Waals surface area (Å²) in [6, 6.07) is 0. The van der Waals surface area contributed by atoms with Crippen LogP contribution in [0.1, 0.15) is 33.1 Å². The minimum Gasteiger partial charge on any atom is -0.550 e. The molecule has 0 amide bonds. The van der Waals surface area contributed by atoms with Crippen molar-refractivity contribution >= 4 is 22.8 Å². The number of nitrogens with zero attached hydrogens (tertiary/aromatic N) is 1. The number of aliphatic carboxylic acids is 1. The van der Waals surface area contributed by atoms with Gasteiger partial charge in [0.2, 0.25) is 0 Å². The van der Waals surface area contributed by atoms with Crippen molar-refractivity contribution in [3.05, 3.63) is 0 Å². The third kappa shape index (κ3) is 7.71. The van der Waals surface area contributed by atoms with Crippen LogP contribution in [0.4, 0.5) is 0 Å². The summed E-state index contributed by atoms with van der Waals surface area (Å²) in [6.07, 6.45) is 1.56. The molecule has 0 aromatic heterocycles. The molecule has 0 aliphatic heterocycles. The van der Waals surface area contributed by atoms with E-state index < -0.39 is 5.97 Å². The minimum absolute atomic E-state index is 0.0340. The second-order valence-electron chi connectivity index (χ2n) is 5.62. The van der Waals surface area contributed by atoms with Crippen LogP contribution in [-0.4, -0.2) is 48.5 Å². The second-order valence-corrected chi connectivity index (χ2v) is 6.93. The van der Waals surface area contributed by atoms with Gasteiger partial charge in [-0.25, -0.2) is 0 Å². The molecule has 0 N–H and O–H groups in total. The first kappa shape index (κ1) is 17.4. The maximum atomic E-state index is 12.0. The number of carbonyl (C=O) groups is 2. The summed E-state index contributed by atoms with van der Waals surface area (Å²) in [7, 11) is 5.97. The first-order valence-electron chi connectivity index (χ1n) is 6.40. The molecule has 0 bridgehead atoms. The zero-order valence-corrected chi connectivity index (χ0v) is 12.9. The number of hydrogen-bond donors (Lipinski definition) is 0. The Bertz CT molecular complexity index is 282. The number of hydrogen-bond acceptors (Lipinski definition) is 4. The topological polar surface area (TPSA) is 57.2 Å². The maximum absolute atomic E-state index is 12.0. The zero-order valence-electron chi connectivity index (χ0n) is 12.1. The Morgan fingerprint density at radius 1 is 1.17 bits per heavy atom. The van der Waals surface area contributed by atoms with Crippen LogP contribution < -0.4 is 5.11 Å². The molecule has 0 radical (unpaired) electrons. The highest BCUT2D eigenvalue weighted by atomic mass is 32.2. The molecule has 18 heavy (non-hydrogen) atoms. The fraction of sp³-hybridized carbons (Fsp3) is 0.846. The van der Waals surface area contributed by atoms with E-state index in [2.05, 4.69) is 0 Å². The quantitative estimate of drug-likeness (QED) is 0.618. The first-order chi connectivity index (χ1) is 8.19. The van der Waals surface area contributed by atoms with Crippen LogP contribution in [0.2, 0.25) is 0 Å². The van der Waals surface area contributed by atoms with Gasteiger partial charge in [-0.2, -0.15) is 0 Å². The molecule has 0 saturated heterocycles. The van der Waals surface area contributed by atoms with Gasteiger partial charge < -0.3 is 14.4 Å². The lowest BCUT2D eigenvalue weighted by atomic mass is 10.1. The number of quaternary nitrogens is 1. The van der Waals surface area contributed by atoms with Crippen LogP contribution in [0, 0.1) is 5.92 Å². The maximum Gasteiger partial charge on any atom is 0.192 e. The van der Waals surface area contributed by atoms with Gasteiger partial charge in [0, 0.05) is 18.3 Å². The van der Waals surface area contributed by atoms with E-state index in [1.165, 1.54) is 11.8 Å². The van der Waals surface area contributed by atoms with E-state index >= 15 is 0 Å². The second kappa shape index (κ2) is 7.79. The average Bonchev–Trinajstić information content (AvgIpc) is 2.15.